The lowest BCUT2D eigenvalue weighted by atomic mass is 9.98. The number of benzene rings is 1. The van der Waals surface area contributed by atoms with Gasteiger partial charge in [0.2, 0.25) is 0 Å². The number of aryl methyl sites for hydroxylation is 1. The summed E-state index contributed by atoms with van der Waals surface area (Å²) >= 11 is 1.65. The van der Waals surface area contributed by atoms with Gasteiger partial charge in [-0.2, -0.15) is 13.2 Å². The maximum absolute atomic E-state index is 12.6. The first-order valence-electron chi connectivity index (χ1n) is 6.88. The van der Waals surface area contributed by atoms with Crippen molar-refractivity contribution in [3.63, 3.8) is 0 Å². The van der Waals surface area contributed by atoms with Gasteiger partial charge in [0.05, 0.1) is 11.6 Å². The summed E-state index contributed by atoms with van der Waals surface area (Å²) < 4.78 is 37.9. The van der Waals surface area contributed by atoms with Crippen LogP contribution in [-0.2, 0) is 6.18 Å². The lowest BCUT2D eigenvalue weighted by molar-refractivity contribution is -0.137. The summed E-state index contributed by atoms with van der Waals surface area (Å²) in [6, 6.07) is 7.40. The Hall–Kier alpha value is -1.33. The number of halogens is 3. The number of thiophene rings is 1. The van der Waals surface area contributed by atoms with Gasteiger partial charge in [-0.25, -0.2) is 0 Å². The van der Waals surface area contributed by atoms with Crippen LogP contribution < -0.4 is 5.32 Å². The maximum atomic E-state index is 12.6. The molecule has 114 valence electrons. The van der Waals surface area contributed by atoms with Crippen LogP contribution in [0.5, 0.6) is 0 Å². The van der Waals surface area contributed by atoms with Crippen LogP contribution in [0.1, 0.15) is 41.0 Å². The van der Waals surface area contributed by atoms with Crippen molar-refractivity contribution in [2.45, 2.75) is 32.5 Å². The van der Waals surface area contributed by atoms with Crippen molar-refractivity contribution in [1.82, 2.24) is 5.32 Å². The zero-order chi connectivity index (χ0) is 15.5. The van der Waals surface area contributed by atoms with E-state index < -0.39 is 11.7 Å². The SMILES string of the molecule is CCCNC(c1ccc(C(F)(F)F)cc1)c1ccsc1C. The van der Waals surface area contributed by atoms with E-state index in [1.54, 1.807) is 23.5 Å². The predicted octanol–water partition coefficient (Wildman–Crippen LogP) is 5.16. The third kappa shape index (κ3) is 3.86. The molecule has 1 N–H and O–H groups in total. The van der Waals surface area contributed by atoms with Crippen molar-refractivity contribution in [2.75, 3.05) is 6.54 Å². The number of nitrogens with one attached hydrogen (secondary N) is 1. The van der Waals surface area contributed by atoms with Crippen LogP contribution in [0.25, 0.3) is 0 Å². The van der Waals surface area contributed by atoms with Gasteiger partial charge in [0.15, 0.2) is 0 Å². The molecular weight excluding hydrogens is 295 g/mol. The molecule has 1 heterocycles. The fourth-order valence-electron chi connectivity index (χ4n) is 2.25. The van der Waals surface area contributed by atoms with Crippen LogP contribution in [0, 0.1) is 6.92 Å². The summed E-state index contributed by atoms with van der Waals surface area (Å²) in [5.74, 6) is 0. The van der Waals surface area contributed by atoms with Crippen molar-refractivity contribution in [3.05, 3.63) is 57.3 Å². The fourth-order valence-corrected chi connectivity index (χ4v) is 3.00. The number of alkyl halides is 3. The van der Waals surface area contributed by atoms with E-state index in [1.807, 2.05) is 18.4 Å². The molecule has 0 spiro atoms. The molecule has 0 fully saturated rings. The highest BCUT2D eigenvalue weighted by atomic mass is 32.1. The Kier molecular flexibility index (Phi) is 5.06. The van der Waals surface area contributed by atoms with Gasteiger partial charge < -0.3 is 5.32 Å². The van der Waals surface area contributed by atoms with Crippen LogP contribution in [0.2, 0.25) is 0 Å². The van der Waals surface area contributed by atoms with E-state index in [0.29, 0.717) is 0 Å². The Morgan fingerprint density at radius 3 is 2.29 bits per heavy atom. The van der Waals surface area contributed by atoms with Crippen molar-refractivity contribution >= 4 is 11.3 Å². The van der Waals surface area contributed by atoms with E-state index in [0.717, 1.165) is 36.2 Å². The second-order valence-electron chi connectivity index (χ2n) is 4.94. The van der Waals surface area contributed by atoms with Crippen LogP contribution in [-0.4, -0.2) is 6.54 Å². The molecular formula is C16H18F3NS. The smallest absolute Gasteiger partial charge is 0.306 e. The molecule has 0 aliphatic carbocycles. The molecule has 2 rings (SSSR count). The number of hydrogen-bond acceptors (Lipinski definition) is 2. The minimum atomic E-state index is -4.29. The van der Waals surface area contributed by atoms with Gasteiger partial charge >= 0.3 is 6.18 Å². The molecule has 5 heteroatoms. The monoisotopic (exact) mass is 313 g/mol. The highest BCUT2D eigenvalue weighted by molar-refractivity contribution is 7.10. The lowest BCUT2D eigenvalue weighted by Gasteiger charge is -2.20. The summed E-state index contributed by atoms with van der Waals surface area (Å²) in [6.45, 7) is 4.92. The topological polar surface area (TPSA) is 12.0 Å². The average molecular weight is 313 g/mol. The highest BCUT2D eigenvalue weighted by Gasteiger charge is 2.30. The second kappa shape index (κ2) is 6.62. The molecule has 21 heavy (non-hydrogen) atoms. The zero-order valence-electron chi connectivity index (χ0n) is 12.0. The molecule has 1 aromatic heterocycles. The molecule has 0 saturated heterocycles. The van der Waals surface area contributed by atoms with Crippen LogP contribution in [0.3, 0.4) is 0 Å². The lowest BCUT2D eigenvalue weighted by Crippen LogP contribution is -2.23. The van der Waals surface area contributed by atoms with Crippen molar-refractivity contribution in [2.24, 2.45) is 0 Å². The van der Waals surface area contributed by atoms with Crippen LogP contribution in [0.4, 0.5) is 13.2 Å². The summed E-state index contributed by atoms with van der Waals surface area (Å²) in [5, 5.41) is 5.42. The summed E-state index contributed by atoms with van der Waals surface area (Å²) in [6.07, 6.45) is -3.32. The fraction of sp³-hybridized carbons (Fsp3) is 0.375. The third-order valence-corrected chi connectivity index (χ3v) is 4.24. The molecule has 0 aliphatic heterocycles. The second-order valence-corrected chi connectivity index (χ2v) is 6.06. The Bertz CT molecular complexity index is 572. The zero-order valence-corrected chi connectivity index (χ0v) is 12.8. The molecule has 2 aromatic rings. The van der Waals surface area contributed by atoms with Gasteiger partial charge in [0, 0.05) is 4.88 Å². The number of rotatable bonds is 5. The van der Waals surface area contributed by atoms with E-state index in [1.165, 1.54) is 4.88 Å². The van der Waals surface area contributed by atoms with E-state index >= 15 is 0 Å². The Balaban J connectivity index is 2.31. The van der Waals surface area contributed by atoms with E-state index in [-0.39, 0.29) is 6.04 Å². The maximum Gasteiger partial charge on any atom is 0.416 e. The van der Waals surface area contributed by atoms with Gasteiger partial charge in [0.1, 0.15) is 0 Å². The van der Waals surface area contributed by atoms with Gasteiger partial charge in [0.25, 0.3) is 0 Å². The molecule has 0 aliphatic rings. The predicted molar refractivity (Wildman–Crippen MR) is 80.6 cm³/mol. The van der Waals surface area contributed by atoms with Crippen molar-refractivity contribution in [1.29, 1.82) is 0 Å². The minimum Gasteiger partial charge on any atom is -0.306 e. The third-order valence-electron chi connectivity index (χ3n) is 3.38. The van der Waals surface area contributed by atoms with Gasteiger partial charge in [-0.15, -0.1) is 11.3 Å². The summed E-state index contributed by atoms with van der Waals surface area (Å²) in [4.78, 5) is 1.18. The first-order valence-corrected chi connectivity index (χ1v) is 7.76. The largest absolute Gasteiger partial charge is 0.416 e. The normalized spacial score (nSPS) is 13.4. The van der Waals surface area contributed by atoms with E-state index in [4.69, 9.17) is 0 Å². The molecule has 0 saturated carbocycles. The standard InChI is InChI=1S/C16H18F3NS/c1-3-9-20-15(14-8-10-21-11(14)2)12-4-6-13(7-5-12)16(17,18)19/h4-8,10,15,20H,3,9H2,1-2H3. The van der Waals surface area contributed by atoms with Gasteiger partial charge in [-0.05, 0) is 54.6 Å². The van der Waals surface area contributed by atoms with E-state index in [9.17, 15) is 13.2 Å². The van der Waals surface area contributed by atoms with Gasteiger partial charge in [-0.3, -0.25) is 0 Å². The van der Waals surface area contributed by atoms with E-state index in [2.05, 4.69) is 12.2 Å². The quantitative estimate of drug-likeness (QED) is 0.803. The summed E-state index contributed by atoms with van der Waals surface area (Å²) in [7, 11) is 0. The van der Waals surface area contributed by atoms with Crippen molar-refractivity contribution in [3.8, 4) is 0 Å². The highest BCUT2D eigenvalue weighted by Crippen LogP contribution is 2.32. The van der Waals surface area contributed by atoms with Crippen LogP contribution >= 0.6 is 11.3 Å². The Labute approximate surface area is 126 Å². The first-order chi connectivity index (χ1) is 9.93. The molecule has 1 aromatic carbocycles. The molecule has 0 bridgehead atoms. The minimum absolute atomic E-state index is 0.0570. The molecule has 0 amide bonds. The summed E-state index contributed by atoms with van der Waals surface area (Å²) in [5.41, 5.74) is 1.38. The van der Waals surface area contributed by atoms with Crippen molar-refractivity contribution < 1.29 is 13.2 Å². The number of hydrogen-bond donors (Lipinski definition) is 1. The Morgan fingerprint density at radius 2 is 1.81 bits per heavy atom. The van der Waals surface area contributed by atoms with Gasteiger partial charge in [-0.1, -0.05) is 19.1 Å². The first kappa shape index (κ1) is 16.0. The molecule has 1 nitrogen and oxygen atoms in total. The molecule has 1 unspecified atom stereocenters. The molecule has 0 radical (unpaired) electrons. The molecule has 1 atom stereocenters. The van der Waals surface area contributed by atoms with Crippen LogP contribution in [0.15, 0.2) is 35.7 Å². The Morgan fingerprint density at radius 1 is 1.14 bits per heavy atom. The average Bonchev–Trinajstić information content (AvgIpc) is 2.85.